The normalized spacial score (nSPS) is 12.2. The van der Waals surface area contributed by atoms with E-state index in [1.807, 2.05) is 5.38 Å². The Bertz CT molecular complexity index is 562. The van der Waals surface area contributed by atoms with Gasteiger partial charge in [-0.3, -0.25) is 4.90 Å². The molecule has 1 atom stereocenters. The maximum absolute atomic E-state index is 8.68. The molecule has 0 aliphatic heterocycles. The number of aliphatic hydroxyl groups is 1. The Morgan fingerprint density at radius 2 is 2.26 bits per heavy atom. The molecule has 0 aliphatic carbocycles. The van der Waals surface area contributed by atoms with E-state index in [1.54, 1.807) is 22.7 Å². The van der Waals surface area contributed by atoms with Crippen LogP contribution in [0.3, 0.4) is 0 Å². The Labute approximate surface area is 122 Å². The first-order chi connectivity index (χ1) is 9.20. The molecular weight excluding hydrogens is 274 g/mol. The van der Waals surface area contributed by atoms with Gasteiger partial charge in [-0.15, -0.1) is 22.7 Å². The lowest BCUT2D eigenvalue weighted by atomic mass is 10.2. The van der Waals surface area contributed by atoms with Crippen molar-refractivity contribution in [3.63, 3.8) is 0 Å². The lowest BCUT2D eigenvalue weighted by molar-refractivity contribution is 0.259. The van der Waals surface area contributed by atoms with Crippen LogP contribution in [0.4, 0.5) is 0 Å². The van der Waals surface area contributed by atoms with Gasteiger partial charge in [0.15, 0.2) is 0 Å². The first-order valence-corrected chi connectivity index (χ1v) is 7.87. The molecule has 4 heteroatoms. The summed E-state index contributed by atoms with van der Waals surface area (Å²) in [6, 6.07) is 6.80. The van der Waals surface area contributed by atoms with E-state index in [-0.39, 0.29) is 6.61 Å². The highest BCUT2D eigenvalue weighted by Gasteiger charge is 2.13. The third-order valence-corrected chi connectivity index (χ3v) is 4.95. The molecule has 19 heavy (non-hydrogen) atoms. The van der Waals surface area contributed by atoms with Gasteiger partial charge in [0, 0.05) is 33.3 Å². The van der Waals surface area contributed by atoms with Gasteiger partial charge in [-0.25, -0.2) is 0 Å². The molecule has 2 nitrogen and oxygen atoms in total. The second-order valence-corrected chi connectivity index (χ2v) is 6.34. The lowest BCUT2D eigenvalue weighted by Gasteiger charge is -2.22. The zero-order chi connectivity index (χ0) is 13.7. The standard InChI is InChI=1S/C15H17NOS2/c1-12(15-6-4-8-18-15)16(2)10-14-9-13(11-19-14)5-3-7-17/h4,6,8-9,11-12,17H,7,10H2,1-2H3. The van der Waals surface area contributed by atoms with Gasteiger partial charge in [-0.1, -0.05) is 17.9 Å². The molecule has 100 valence electrons. The summed E-state index contributed by atoms with van der Waals surface area (Å²) in [5.41, 5.74) is 0.992. The van der Waals surface area contributed by atoms with E-state index in [0.29, 0.717) is 6.04 Å². The van der Waals surface area contributed by atoms with Crippen molar-refractivity contribution in [1.82, 2.24) is 4.90 Å². The van der Waals surface area contributed by atoms with Crippen molar-refractivity contribution in [1.29, 1.82) is 0 Å². The third-order valence-electron chi connectivity index (χ3n) is 2.99. The van der Waals surface area contributed by atoms with Gasteiger partial charge >= 0.3 is 0 Å². The molecular formula is C15H17NOS2. The molecule has 1 N–H and O–H groups in total. The predicted molar refractivity (Wildman–Crippen MR) is 82.5 cm³/mol. The lowest BCUT2D eigenvalue weighted by Crippen LogP contribution is -2.20. The summed E-state index contributed by atoms with van der Waals surface area (Å²) in [5.74, 6) is 5.62. The Morgan fingerprint density at radius 1 is 1.42 bits per heavy atom. The number of thiophene rings is 2. The Kier molecular flexibility index (Phi) is 5.17. The van der Waals surface area contributed by atoms with Gasteiger partial charge in [0.05, 0.1) is 0 Å². The number of rotatable bonds is 4. The molecule has 0 saturated carbocycles. The van der Waals surface area contributed by atoms with Crippen LogP contribution in [-0.2, 0) is 6.54 Å². The van der Waals surface area contributed by atoms with Gasteiger partial charge in [0.2, 0.25) is 0 Å². The topological polar surface area (TPSA) is 23.5 Å². The summed E-state index contributed by atoms with van der Waals surface area (Å²) in [4.78, 5) is 5.02. The largest absolute Gasteiger partial charge is 0.384 e. The molecule has 0 spiro atoms. The molecule has 2 rings (SSSR count). The second kappa shape index (κ2) is 6.88. The van der Waals surface area contributed by atoms with E-state index in [2.05, 4.69) is 54.3 Å². The quantitative estimate of drug-likeness (QED) is 0.873. The van der Waals surface area contributed by atoms with E-state index >= 15 is 0 Å². The van der Waals surface area contributed by atoms with Crippen molar-refractivity contribution < 1.29 is 5.11 Å². The van der Waals surface area contributed by atoms with E-state index in [1.165, 1.54) is 9.75 Å². The van der Waals surface area contributed by atoms with Crippen molar-refractivity contribution in [3.8, 4) is 11.8 Å². The average molecular weight is 291 g/mol. The van der Waals surface area contributed by atoms with Crippen LogP contribution in [0.15, 0.2) is 29.0 Å². The van der Waals surface area contributed by atoms with Crippen LogP contribution in [0.5, 0.6) is 0 Å². The van der Waals surface area contributed by atoms with E-state index in [9.17, 15) is 0 Å². The van der Waals surface area contributed by atoms with Crippen molar-refractivity contribution >= 4 is 22.7 Å². The molecule has 0 radical (unpaired) electrons. The van der Waals surface area contributed by atoms with Crippen LogP contribution in [0.1, 0.15) is 28.3 Å². The van der Waals surface area contributed by atoms with Crippen LogP contribution in [0.25, 0.3) is 0 Å². The summed E-state index contributed by atoms with van der Waals surface area (Å²) >= 11 is 3.52. The highest BCUT2D eigenvalue weighted by atomic mass is 32.1. The highest BCUT2D eigenvalue weighted by Crippen LogP contribution is 2.26. The zero-order valence-electron chi connectivity index (χ0n) is 11.1. The highest BCUT2D eigenvalue weighted by molar-refractivity contribution is 7.10. The Balaban J connectivity index is 1.98. The summed E-state index contributed by atoms with van der Waals surface area (Å²) in [6.45, 7) is 3.07. The van der Waals surface area contributed by atoms with Gasteiger partial charge < -0.3 is 5.11 Å². The fourth-order valence-corrected chi connectivity index (χ4v) is 3.53. The Morgan fingerprint density at radius 3 is 2.95 bits per heavy atom. The van der Waals surface area contributed by atoms with Crippen LogP contribution in [0.2, 0.25) is 0 Å². The molecule has 0 amide bonds. The minimum atomic E-state index is -0.0828. The molecule has 0 saturated heterocycles. The molecule has 2 aromatic rings. The molecule has 0 bridgehead atoms. The van der Waals surface area contributed by atoms with Gasteiger partial charge in [0.1, 0.15) is 6.61 Å². The maximum atomic E-state index is 8.68. The fraction of sp³-hybridized carbons (Fsp3) is 0.333. The number of hydrogen-bond acceptors (Lipinski definition) is 4. The minimum Gasteiger partial charge on any atom is -0.384 e. The van der Waals surface area contributed by atoms with Crippen LogP contribution >= 0.6 is 22.7 Å². The summed E-state index contributed by atoms with van der Waals surface area (Å²) in [6.07, 6.45) is 0. The van der Waals surface area contributed by atoms with Crippen LogP contribution in [0, 0.1) is 11.8 Å². The molecule has 0 aliphatic rings. The van der Waals surface area contributed by atoms with Crippen molar-refractivity contribution in [2.75, 3.05) is 13.7 Å². The second-order valence-electron chi connectivity index (χ2n) is 4.37. The SMILES string of the molecule is CC(c1cccs1)N(C)Cc1cc(C#CCO)cs1. The molecule has 1 unspecified atom stereocenters. The van der Waals surface area contributed by atoms with Gasteiger partial charge in [0.25, 0.3) is 0 Å². The summed E-state index contributed by atoms with van der Waals surface area (Å²) in [5, 5.41) is 12.8. The van der Waals surface area contributed by atoms with Crippen molar-refractivity contribution in [2.24, 2.45) is 0 Å². The van der Waals surface area contributed by atoms with Crippen molar-refractivity contribution in [2.45, 2.75) is 19.5 Å². The molecule has 2 aromatic heterocycles. The average Bonchev–Trinajstić information content (AvgIpc) is 3.06. The van der Waals surface area contributed by atoms with E-state index in [0.717, 1.165) is 12.1 Å². The fourth-order valence-electron chi connectivity index (χ4n) is 1.80. The first kappa shape index (κ1) is 14.3. The van der Waals surface area contributed by atoms with E-state index < -0.39 is 0 Å². The van der Waals surface area contributed by atoms with Gasteiger partial charge in [-0.2, -0.15) is 0 Å². The number of nitrogens with zero attached hydrogens (tertiary/aromatic N) is 1. The van der Waals surface area contributed by atoms with Crippen LogP contribution < -0.4 is 0 Å². The minimum absolute atomic E-state index is 0.0828. The zero-order valence-corrected chi connectivity index (χ0v) is 12.7. The third kappa shape index (κ3) is 3.92. The van der Waals surface area contributed by atoms with Crippen LogP contribution in [-0.4, -0.2) is 23.7 Å². The number of hydrogen-bond donors (Lipinski definition) is 1. The summed E-state index contributed by atoms with van der Waals surface area (Å²) < 4.78 is 0. The summed E-state index contributed by atoms with van der Waals surface area (Å²) in [7, 11) is 2.14. The van der Waals surface area contributed by atoms with Crippen molar-refractivity contribution in [3.05, 3.63) is 44.3 Å². The van der Waals surface area contributed by atoms with E-state index in [4.69, 9.17) is 5.11 Å². The maximum Gasteiger partial charge on any atom is 0.104 e. The first-order valence-electron chi connectivity index (χ1n) is 6.11. The smallest absolute Gasteiger partial charge is 0.104 e. The van der Waals surface area contributed by atoms with Gasteiger partial charge in [-0.05, 0) is 31.5 Å². The monoisotopic (exact) mass is 291 g/mol. The molecule has 0 aromatic carbocycles. The molecule has 0 fully saturated rings. The Hall–Kier alpha value is -1.12. The predicted octanol–water partition coefficient (Wildman–Crippen LogP) is 3.35. The molecule has 2 heterocycles. The number of aliphatic hydroxyl groups excluding tert-OH is 1.